The predicted molar refractivity (Wildman–Crippen MR) is 82.7 cm³/mol. The van der Waals surface area contributed by atoms with Crippen LogP contribution in [0.1, 0.15) is 32.6 Å². The molecule has 0 bridgehead atoms. The molecule has 1 aliphatic heterocycles. The van der Waals surface area contributed by atoms with Gasteiger partial charge in [0.15, 0.2) is 6.29 Å². The second-order valence-corrected chi connectivity index (χ2v) is 5.71. The minimum Gasteiger partial charge on any atom is -0.498 e. The van der Waals surface area contributed by atoms with Crippen molar-refractivity contribution in [1.29, 1.82) is 0 Å². The highest BCUT2D eigenvalue weighted by atomic mass is 16.7. The van der Waals surface area contributed by atoms with Crippen molar-refractivity contribution in [2.24, 2.45) is 5.92 Å². The zero-order valence-electron chi connectivity index (χ0n) is 12.7. The molecule has 0 saturated carbocycles. The third-order valence-electron chi connectivity index (χ3n) is 4.24. The first-order chi connectivity index (χ1) is 10.4. The van der Waals surface area contributed by atoms with Crippen LogP contribution in [0.25, 0.3) is 0 Å². The number of allylic oxidation sites excluding steroid dienone is 6. The highest BCUT2D eigenvalue weighted by Gasteiger charge is 2.27. The largest absolute Gasteiger partial charge is 0.498 e. The minimum atomic E-state index is -0.166. The van der Waals surface area contributed by atoms with Crippen molar-refractivity contribution in [3.63, 3.8) is 0 Å². The fourth-order valence-corrected chi connectivity index (χ4v) is 3.03. The molecule has 0 spiro atoms. The molecule has 1 fully saturated rings. The van der Waals surface area contributed by atoms with Crippen molar-refractivity contribution in [2.45, 2.75) is 38.9 Å². The Morgan fingerprint density at radius 1 is 1.05 bits per heavy atom. The van der Waals surface area contributed by atoms with Crippen LogP contribution in [0.5, 0.6) is 0 Å². The molecule has 3 rings (SSSR count). The van der Waals surface area contributed by atoms with E-state index >= 15 is 0 Å². The summed E-state index contributed by atoms with van der Waals surface area (Å²) in [5, 5.41) is 0. The molecule has 0 radical (unpaired) electrons. The lowest BCUT2D eigenvalue weighted by Crippen LogP contribution is -2.34. The van der Waals surface area contributed by atoms with Gasteiger partial charge in [-0.2, -0.15) is 0 Å². The van der Waals surface area contributed by atoms with E-state index in [0.29, 0.717) is 5.92 Å². The summed E-state index contributed by atoms with van der Waals surface area (Å²) in [5.74, 6) is 1.49. The molecule has 3 nitrogen and oxygen atoms in total. The van der Waals surface area contributed by atoms with Crippen LogP contribution < -0.4 is 0 Å². The molecular formula is C18H24O3. The van der Waals surface area contributed by atoms with E-state index in [-0.39, 0.29) is 6.29 Å². The molecule has 1 saturated heterocycles. The maximum Gasteiger partial charge on any atom is 0.180 e. The van der Waals surface area contributed by atoms with Crippen LogP contribution in [0.2, 0.25) is 0 Å². The van der Waals surface area contributed by atoms with E-state index in [9.17, 15) is 0 Å². The second-order valence-electron chi connectivity index (χ2n) is 5.71. The van der Waals surface area contributed by atoms with Gasteiger partial charge in [0.25, 0.3) is 0 Å². The van der Waals surface area contributed by atoms with Gasteiger partial charge < -0.3 is 14.2 Å². The smallest absolute Gasteiger partial charge is 0.180 e. The quantitative estimate of drug-likeness (QED) is 0.785. The lowest BCUT2D eigenvalue weighted by molar-refractivity contribution is -0.175. The van der Waals surface area contributed by atoms with Crippen molar-refractivity contribution in [2.75, 3.05) is 19.8 Å². The Hall–Kier alpha value is -1.32. The van der Waals surface area contributed by atoms with Crippen LogP contribution in [0.3, 0.4) is 0 Å². The summed E-state index contributed by atoms with van der Waals surface area (Å²) in [6.07, 6.45) is 14.8. The molecule has 0 N–H and O–H groups in total. The molecule has 114 valence electrons. The van der Waals surface area contributed by atoms with Crippen LogP contribution in [-0.2, 0) is 14.2 Å². The first-order valence-corrected chi connectivity index (χ1v) is 7.98. The molecule has 0 atom stereocenters. The van der Waals surface area contributed by atoms with E-state index in [4.69, 9.17) is 14.2 Å². The second kappa shape index (κ2) is 7.10. The van der Waals surface area contributed by atoms with Crippen LogP contribution in [0.15, 0.2) is 47.3 Å². The number of hydrogen-bond acceptors (Lipinski definition) is 3. The summed E-state index contributed by atoms with van der Waals surface area (Å²) in [6, 6.07) is 0. The first-order valence-electron chi connectivity index (χ1n) is 7.98. The predicted octanol–water partition coefficient (Wildman–Crippen LogP) is 3.89. The average Bonchev–Trinajstić information content (AvgIpc) is 2.57. The summed E-state index contributed by atoms with van der Waals surface area (Å²) >= 11 is 0. The molecular weight excluding hydrogens is 264 g/mol. The molecule has 3 aliphatic rings. The number of hydrogen-bond donors (Lipinski definition) is 0. The Balaban J connectivity index is 1.54. The zero-order valence-corrected chi connectivity index (χ0v) is 12.7. The molecule has 2 aliphatic carbocycles. The van der Waals surface area contributed by atoms with E-state index < -0.39 is 0 Å². The van der Waals surface area contributed by atoms with Gasteiger partial charge in [-0.3, -0.25) is 0 Å². The Morgan fingerprint density at radius 3 is 2.52 bits per heavy atom. The van der Waals surface area contributed by atoms with Gasteiger partial charge >= 0.3 is 0 Å². The Kier molecular flexibility index (Phi) is 4.94. The van der Waals surface area contributed by atoms with Crippen molar-refractivity contribution >= 4 is 0 Å². The third-order valence-corrected chi connectivity index (χ3v) is 4.24. The van der Waals surface area contributed by atoms with E-state index in [1.54, 1.807) is 0 Å². The SMILES string of the molecule is CCOC1=CC=C(C2OCC(C3=CC=CCC3)CO2)CC1. The van der Waals surface area contributed by atoms with Crippen molar-refractivity contribution in [3.8, 4) is 0 Å². The van der Waals surface area contributed by atoms with Crippen LogP contribution in [0, 0.1) is 5.92 Å². The highest BCUT2D eigenvalue weighted by Crippen LogP contribution is 2.30. The minimum absolute atomic E-state index is 0.166. The summed E-state index contributed by atoms with van der Waals surface area (Å²) < 4.78 is 17.4. The van der Waals surface area contributed by atoms with Gasteiger partial charge in [0.1, 0.15) is 0 Å². The van der Waals surface area contributed by atoms with Crippen molar-refractivity contribution in [1.82, 2.24) is 0 Å². The van der Waals surface area contributed by atoms with Gasteiger partial charge in [-0.05, 0) is 37.8 Å². The van der Waals surface area contributed by atoms with E-state index in [2.05, 4.69) is 30.4 Å². The van der Waals surface area contributed by atoms with Gasteiger partial charge in [-0.25, -0.2) is 0 Å². The van der Waals surface area contributed by atoms with Crippen LogP contribution >= 0.6 is 0 Å². The van der Waals surface area contributed by atoms with E-state index in [1.807, 2.05) is 6.92 Å². The molecule has 0 aromatic carbocycles. The van der Waals surface area contributed by atoms with Crippen LogP contribution in [-0.4, -0.2) is 26.1 Å². The summed E-state index contributed by atoms with van der Waals surface area (Å²) in [6.45, 7) is 4.28. The summed E-state index contributed by atoms with van der Waals surface area (Å²) in [5.41, 5.74) is 2.70. The normalized spacial score (nSPS) is 29.5. The van der Waals surface area contributed by atoms with Gasteiger partial charge in [-0.15, -0.1) is 0 Å². The van der Waals surface area contributed by atoms with E-state index in [1.165, 1.54) is 11.1 Å². The van der Waals surface area contributed by atoms with Gasteiger partial charge in [-0.1, -0.05) is 29.9 Å². The highest BCUT2D eigenvalue weighted by molar-refractivity contribution is 5.24. The number of rotatable bonds is 4. The molecule has 3 heteroatoms. The average molecular weight is 288 g/mol. The van der Waals surface area contributed by atoms with Crippen LogP contribution in [0.4, 0.5) is 0 Å². The molecule has 0 unspecified atom stereocenters. The van der Waals surface area contributed by atoms with E-state index in [0.717, 1.165) is 51.3 Å². The van der Waals surface area contributed by atoms with Crippen molar-refractivity contribution < 1.29 is 14.2 Å². The fraction of sp³-hybridized carbons (Fsp3) is 0.556. The van der Waals surface area contributed by atoms with Gasteiger partial charge in [0.2, 0.25) is 0 Å². The topological polar surface area (TPSA) is 27.7 Å². The zero-order chi connectivity index (χ0) is 14.5. The molecule has 0 aromatic heterocycles. The van der Waals surface area contributed by atoms with Gasteiger partial charge in [0, 0.05) is 12.3 Å². The maximum absolute atomic E-state index is 5.95. The molecule has 1 heterocycles. The summed E-state index contributed by atoms with van der Waals surface area (Å²) in [4.78, 5) is 0. The first kappa shape index (κ1) is 14.6. The standard InChI is InChI=1S/C18H24O3/c1-2-19-17-10-8-15(9-11-17)18-20-12-16(13-21-18)14-6-4-3-5-7-14/h3-4,6,8,10,16,18H,2,5,7,9,11-13H2,1H3. The lowest BCUT2D eigenvalue weighted by atomic mass is 9.92. The summed E-state index contributed by atoms with van der Waals surface area (Å²) in [7, 11) is 0. The number of ether oxygens (including phenoxy) is 3. The Bertz CT molecular complexity index is 477. The maximum atomic E-state index is 5.95. The fourth-order valence-electron chi connectivity index (χ4n) is 3.03. The Morgan fingerprint density at radius 2 is 1.90 bits per heavy atom. The molecule has 0 amide bonds. The van der Waals surface area contributed by atoms with Gasteiger partial charge in [0.05, 0.1) is 25.6 Å². The lowest BCUT2D eigenvalue weighted by Gasteiger charge is -2.33. The molecule has 0 aromatic rings. The third kappa shape index (κ3) is 3.66. The monoisotopic (exact) mass is 288 g/mol. The molecule has 21 heavy (non-hydrogen) atoms. The Labute approximate surface area is 127 Å². The van der Waals surface area contributed by atoms with Crippen molar-refractivity contribution in [3.05, 3.63) is 47.3 Å².